The molecule has 0 bridgehead atoms. The van der Waals surface area contributed by atoms with E-state index >= 15 is 0 Å². The van der Waals surface area contributed by atoms with E-state index in [-0.39, 0.29) is 30.5 Å². The number of ketones is 2. The number of hydrogen-bond acceptors (Lipinski definition) is 4. The third kappa shape index (κ3) is 2.89. The highest BCUT2D eigenvalue weighted by Crippen LogP contribution is 2.41. The van der Waals surface area contributed by atoms with E-state index in [0.29, 0.717) is 12.0 Å². The van der Waals surface area contributed by atoms with E-state index in [2.05, 4.69) is 0 Å². The van der Waals surface area contributed by atoms with E-state index in [9.17, 15) is 14.4 Å². The van der Waals surface area contributed by atoms with Gasteiger partial charge in [-0.15, -0.1) is 0 Å². The Kier molecular flexibility index (Phi) is 4.26. The average molecular weight is 288 g/mol. The Morgan fingerprint density at radius 2 is 1.95 bits per heavy atom. The first kappa shape index (κ1) is 15.4. The molecule has 0 fully saturated rings. The molecule has 1 aromatic carbocycles. The highest BCUT2D eigenvalue weighted by atomic mass is 16.5. The summed E-state index contributed by atoms with van der Waals surface area (Å²) in [5.74, 6) is -0.763. The molecule has 1 aliphatic rings. The van der Waals surface area contributed by atoms with Crippen LogP contribution in [0.2, 0.25) is 0 Å². The van der Waals surface area contributed by atoms with Crippen LogP contribution in [0.5, 0.6) is 0 Å². The normalized spacial score (nSPS) is 20.5. The van der Waals surface area contributed by atoms with E-state index in [4.69, 9.17) is 4.74 Å². The van der Waals surface area contributed by atoms with Crippen LogP contribution in [0.4, 0.5) is 0 Å². The molecule has 4 nitrogen and oxygen atoms in total. The van der Waals surface area contributed by atoms with Crippen LogP contribution in [0.15, 0.2) is 24.3 Å². The second-order valence-corrected chi connectivity index (χ2v) is 5.90. The fourth-order valence-electron chi connectivity index (χ4n) is 2.74. The summed E-state index contributed by atoms with van der Waals surface area (Å²) in [4.78, 5) is 36.6. The Hall–Kier alpha value is -1.97. The van der Waals surface area contributed by atoms with Crippen LogP contribution in [0.25, 0.3) is 0 Å². The Balaban J connectivity index is 2.37. The van der Waals surface area contributed by atoms with Crippen molar-refractivity contribution in [3.63, 3.8) is 0 Å². The van der Waals surface area contributed by atoms with Crippen molar-refractivity contribution >= 4 is 17.5 Å². The van der Waals surface area contributed by atoms with Crippen LogP contribution in [0, 0.1) is 5.41 Å². The van der Waals surface area contributed by atoms with Gasteiger partial charge in [0.05, 0.1) is 6.10 Å². The molecular formula is C17H20O4. The van der Waals surface area contributed by atoms with E-state index in [1.165, 1.54) is 6.92 Å². The first-order valence-corrected chi connectivity index (χ1v) is 7.20. The standard InChI is InChI=1S/C17H20O4/c1-11(2)21-16(20)17(9-8-12(3)18)10-13-6-4-5-7-14(13)15(17)19/h4-7,11H,8-10H2,1-3H3/t17-/m1/s1. The minimum Gasteiger partial charge on any atom is -0.462 e. The third-order valence-electron chi connectivity index (χ3n) is 3.83. The zero-order valence-electron chi connectivity index (χ0n) is 12.6. The van der Waals surface area contributed by atoms with Gasteiger partial charge in [-0.2, -0.15) is 0 Å². The van der Waals surface area contributed by atoms with Gasteiger partial charge >= 0.3 is 5.97 Å². The summed E-state index contributed by atoms with van der Waals surface area (Å²) in [5, 5.41) is 0. The van der Waals surface area contributed by atoms with Gasteiger partial charge in [0.25, 0.3) is 0 Å². The van der Waals surface area contributed by atoms with Crippen LogP contribution in [0.1, 0.15) is 49.5 Å². The number of ether oxygens (including phenoxy) is 1. The van der Waals surface area contributed by atoms with Crippen molar-refractivity contribution in [2.75, 3.05) is 0 Å². The maximum atomic E-state index is 12.7. The van der Waals surface area contributed by atoms with Gasteiger partial charge in [-0.1, -0.05) is 24.3 Å². The molecule has 1 aliphatic carbocycles. The number of carbonyl (C=O) groups excluding carboxylic acids is 3. The second kappa shape index (κ2) is 5.80. The third-order valence-corrected chi connectivity index (χ3v) is 3.83. The van der Waals surface area contributed by atoms with Gasteiger partial charge in [-0.05, 0) is 39.2 Å². The van der Waals surface area contributed by atoms with Gasteiger partial charge in [0.1, 0.15) is 11.2 Å². The molecule has 2 rings (SSSR count). The number of Topliss-reactive ketones (excluding diaryl/α,β-unsaturated/α-hetero) is 2. The molecule has 0 saturated carbocycles. The average Bonchev–Trinajstić information content (AvgIpc) is 2.70. The predicted octanol–water partition coefficient (Wildman–Crippen LogP) is 2.73. The van der Waals surface area contributed by atoms with Crippen molar-refractivity contribution in [1.29, 1.82) is 0 Å². The van der Waals surface area contributed by atoms with Gasteiger partial charge in [-0.25, -0.2) is 0 Å². The lowest BCUT2D eigenvalue weighted by atomic mass is 9.78. The number of carbonyl (C=O) groups is 3. The van der Waals surface area contributed by atoms with E-state index in [1.807, 2.05) is 12.1 Å². The Morgan fingerprint density at radius 3 is 2.52 bits per heavy atom. The molecule has 0 amide bonds. The highest BCUT2D eigenvalue weighted by Gasteiger charge is 2.52. The number of hydrogen-bond donors (Lipinski definition) is 0. The summed E-state index contributed by atoms with van der Waals surface area (Å²) in [6.07, 6.45) is 0.443. The zero-order valence-corrected chi connectivity index (χ0v) is 12.6. The number of esters is 1. The molecule has 0 heterocycles. The summed E-state index contributed by atoms with van der Waals surface area (Å²) >= 11 is 0. The van der Waals surface area contributed by atoms with Crippen molar-refractivity contribution in [2.45, 2.75) is 46.1 Å². The van der Waals surface area contributed by atoms with Crippen molar-refractivity contribution in [2.24, 2.45) is 5.41 Å². The monoisotopic (exact) mass is 288 g/mol. The molecule has 0 aromatic heterocycles. The lowest BCUT2D eigenvalue weighted by Crippen LogP contribution is -2.40. The minimum absolute atomic E-state index is 0.0320. The SMILES string of the molecule is CC(=O)CC[C@@]1(C(=O)OC(C)C)Cc2ccccc2C1=O. The van der Waals surface area contributed by atoms with Crippen LogP contribution in [0.3, 0.4) is 0 Å². The first-order valence-electron chi connectivity index (χ1n) is 7.20. The van der Waals surface area contributed by atoms with Crippen molar-refractivity contribution in [1.82, 2.24) is 0 Å². The summed E-state index contributed by atoms with van der Waals surface area (Å²) in [6, 6.07) is 7.22. The van der Waals surface area contributed by atoms with Gasteiger partial charge in [-0.3, -0.25) is 9.59 Å². The van der Waals surface area contributed by atoms with Crippen molar-refractivity contribution in [3.8, 4) is 0 Å². The molecule has 1 atom stereocenters. The lowest BCUT2D eigenvalue weighted by Gasteiger charge is -2.26. The van der Waals surface area contributed by atoms with Gasteiger partial charge < -0.3 is 9.53 Å². The fourth-order valence-corrected chi connectivity index (χ4v) is 2.74. The summed E-state index contributed by atoms with van der Waals surface area (Å²) in [6.45, 7) is 4.97. The molecule has 112 valence electrons. The first-order chi connectivity index (χ1) is 9.86. The molecule has 0 spiro atoms. The molecule has 0 aliphatic heterocycles. The lowest BCUT2D eigenvalue weighted by molar-refractivity contribution is -0.156. The molecule has 0 unspecified atom stereocenters. The maximum Gasteiger partial charge on any atom is 0.320 e. The summed E-state index contributed by atoms with van der Waals surface area (Å²) in [5.41, 5.74) is 0.188. The minimum atomic E-state index is -1.24. The smallest absolute Gasteiger partial charge is 0.320 e. The molecule has 1 aromatic rings. The Morgan fingerprint density at radius 1 is 1.29 bits per heavy atom. The number of rotatable bonds is 5. The second-order valence-electron chi connectivity index (χ2n) is 5.90. The van der Waals surface area contributed by atoms with Gasteiger partial charge in [0.15, 0.2) is 5.78 Å². The number of benzene rings is 1. The van der Waals surface area contributed by atoms with E-state index < -0.39 is 11.4 Å². The van der Waals surface area contributed by atoms with E-state index in [0.717, 1.165) is 5.56 Å². The van der Waals surface area contributed by atoms with Crippen LogP contribution < -0.4 is 0 Å². The van der Waals surface area contributed by atoms with Crippen LogP contribution >= 0.6 is 0 Å². The summed E-state index contributed by atoms with van der Waals surface area (Å²) in [7, 11) is 0. The van der Waals surface area contributed by atoms with Gasteiger partial charge in [0, 0.05) is 12.0 Å². The molecule has 0 N–H and O–H groups in total. The van der Waals surface area contributed by atoms with E-state index in [1.54, 1.807) is 26.0 Å². The van der Waals surface area contributed by atoms with Gasteiger partial charge in [0.2, 0.25) is 0 Å². The van der Waals surface area contributed by atoms with Crippen LogP contribution in [-0.2, 0) is 20.7 Å². The molecular weight excluding hydrogens is 268 g/mol. The predicted molar refractivity (Wildman–Crippen MR) is 78.1 cm³/mol. The number of fused-ring (bicyclic) bond motifs is 1. The van der Waals surface area contributed by atoms with Crippen LogP contribution in [-0.4, -0.2) is 23.6 Å². The molecule has 21 heavy (non-hydrogen) atoms. The largest absolute Gasteiger partial charge is 0.462 e. The van der Waals surface area contributed by atoms with Crippen molar-refractivity contribution < 1.29 is 19.1 Å². The molecule has 4 heteroatoms. The van der Waals surface area contributed by atoms with Crippen molar-refractivity contribution in [3.05, 3.63) is 35.4 Å². The molecule has 0 radical (unpaired) electrons. The zero-order chi connectivity index (χ0) is 15.6. The maximum absolute atomic E-state index is 12.7. The quantitative estimate of drug-likeness (QED) is 0.617. The Labute approximate surface area is 124 Å². The topological polar surface area (TPSA) is 60.4 Å². The Bertz CT molecular complexity index is 588. The molecule has 0 saturated heterocycles. The highest BCUT2D eigenvalue weighted by molar-refractivity contribution is 6.16. The fraction of sp³-hybridized carbons (Fsp3) is 0.471. The summed E-state index contributed by atoms with van der Waals surface area (Å²) < 4.78 is 5.30.